The number of rotatable bonds is 3. The first-order valence-corrected chi connectivity index (χ1v) is 5.62. The topological polar surface area (TPSA) is 35.5 Å². The summed E-state index contributed by atoms with van der Waals surface area (Å²) in [5, 5.41) is 0. The monoisotopic (exact) mass is 288 g/mol. The Bertz CT molecular complexity index is 305. The van der Waals surface area contributed by atoms with Gasteiger partial charge in [-0.15, -0.1) is 0 Å². The fourth-order valence-electron chi connectivity index (χ4n) is 0.781. The number of halogens is 1. The Morgan fingerprint density at radius 1 is 1.19 bits per heavy atom. The van der Waals surface area contributed by atoms with Crippen LogP contribution in [0.15, 0.2) is 28.7 Å². The second-order valence-corrected chi connectivity index (χ2v) is 4.02. The molecule has 4 heteroatoms. The highest BCUT2D eigenvalue weighted by Crippen LogP contribution is 2.10. The predicted octanol–water partition coefficient (Wildman–Crippen LogP) is 3.28. The molecule has 0 saturated carbocycles. The van der Waals surface area contributed by atoms with Gasteiger partial charge >= 0.3 is 0 Å². The van der Waals surface area contributed by atoms with Crippen LogP contribution in [0.3, 0.4) is 0 Å². The first-order valence-electron chi connectivity index (χ1n) is 4.83. The number of hydrogen-bond acceptors (Lipinski definition) is 3. The summed E-state index contributed by atoms with van der Waals surface area (Å²) < 4.78 is 10.4. The van der Waals surface area contributed by atoms with Crippen LogP contribution in [0.5, 0.6) is 0 Å². The minimum absolute atomic E-state index is 0.0648. The van der Waals surface area contributed by atoms with Gasteiger partial charge in [-0.3, -0.25) is 4.79 Å². The SMILES string of the molecule is CC(=O)c1ccc(Br)cc1.COC(C)OC. The van der Waals surface area contributed by atoms with E-state index in [9.17, 15) is 4.79 Å². The average molecular weight is 289 g/mol. The Labute approximate surface area is 105 Å². The Balaban J connectivity index is 0.000000325. The summed E-state index contributed by atoms with van der Waals surface area (Å²) in [4.78, 5) is 10.7. The highest BCUT2D eigenvalue weighted by Gasteiger charge is 1.95. The maximum absolute atomic E-state index is 10.7. The minimum Gasteiger partial charge on any atom is -0.356 e. The average Bonchev–Trinajstić information content (AvgIpc) is 2.29. The van der Waals surface area contributed by atoms with Crippen LogP contribution < -0.4 is 0 Å². The van der Waals surface area contributed by atoms with Crippen LogP contribution in [0.4, 0.5) is 0 Å². The molecule has 0 aliphatic rings. The summed E-state index contributed by atoms with van der Waals surface area (Å²) in [5.74, 6) is 0.104. The Kier molecular flexibility index (Phi) is 8.07. The molecule has 0 aliphatic heterocycles. The molecular weight excluding hydrogens is 272 g/mol. The van der Waals surface area contributed by atoms with Gasteiger partial charge in [-0.2, -0.15) is 0 Å². The van der Waals surface area contributed by atoms with E-state index in [4.69, 9.17) is 0 Å². The van der Waals surface area contributed by atoms with Crippen LogP contribution in [0.1, 0.15) is 24.2 Å². The Hall–Kier alpha value is -0.710. The number of hydrogen-bond donors (Lipinski definition) is 0. The van der Waals surface area contributed by atoms with Crippen molar-refractivity contribution in [3.8, 4) is 0 Å². The van der Waals surface area contributed by atoms with Gasteiger partial charge in [0, 0.05) is 24.3 Å². The highest BCUT2D eigenvalue weighted by atomic mass is 79.9. The molecule has 0 bridgehead atoms. The number of carbonyl (C=O) groups is 1. The Morgan fingerprint density at radius 3 is 1.88 bits per heavy atom. The first-order chi connectivity index (χ1) is 7.51. The van der Waals surface area contributed by atoms with E-state index in [1.54, 1.807) is 33.3 Å². The van der Waals surface area contributed by atoms with E-state index in [-0.39, 0.29) is 12.1 Å². The van der Waals surface area contributed by atoms with Gasteiger partial charge in [0.1, 0.15) is 0 Å². The zero-order valence-corrected chi connectivity index (χ0v) is 11.6. The summed E-state index contributed by atoms with van der Waals surface area (Å²) in [6, 6.07) is 7.31. The molecular formula is C12H17BrO3. The lowest BCUT2D eigenvalue weighted by Gasteiger charge is -2.03. The number of Topliss-reactive ketones (excluding diaryl/α,β-unsaturated/α-hetero) is 1. The molecule has 0 aliphatic carbocycles. The molecule has 1 rings (SSSR count). The van der Waals surface area contributed by atoms with Crippen molar-refractivity contribution >= 4 is 21.7 Å². The van der Waals surface area contributed by atoms with Crippen molar-refractivity contribution in [3.63, 3.8) is 0 Å². The third-order valence-electron chi connectivity index (χ3n) is 1.91. The third-order valence-corrected chi connectivity index (χ3v) is 2.44. The van der Waals surface area contributed by atoms with Crippen LogP contribution in [-0.2, 0) is 9.47 Å². The fraction of sp³-hybridized carbons (Fsp3) is 0.417. The fourth-order valence-corrected chi connectivity index (χ4v) is 1.05. The normalized spacial score (nSPS) is 9.62. The zero-order valence-electron chi connectivity index (χ0n) is 9.99. The number of benzene rings is 1. The van der Waals surface area contributed by atoms with E-state index in [0.717, 1.165) is 10.0 Å². The lowest BCUT2D eigenvalue weighted by molar-refractivity contribution is -0.0877. The van der Waals surface area contributed by atoms with Crippen LogP contribution in [0, 0.1) is 0 Å². The van der Waals surface area contributed by atoms with Crippen molar-refractivity contribution in [2.75, 3.05) is 14.2 Å². The maximum Gasteiger partial charge on any atom is 0.159 e. The van der Waals surface area contributed by atoms with Crippen molar-refractivity contribution in [1.29, 1.82) is 0 Å². The van der Waals surface area contributed by atoms with Crippen LogP contribution in [-0.4, -0.2) is 26.3 Å². The number of ketones is 1. The van der Waals surface area contributed by atoms with Crippen LogP contribution in [0.25, 0.3) is 0 Å². The molecule has 0 aromatic heterocycles. The van der Waals surface area contributed by atoms with Gasteiger partial charge in [0.25, 0.3) is 0 Å². The third kappa shape index (κ3) is 6.71. The molecule has 0 spiro atoms. The number of methoxy groups -OCH3 is 2. The molecule has 16 heavy (non-hydrogen) atoms. The van der Waals surface area contributed by atoms with Crippen LogP contribution in [0.2, 0.25) is 0 Å². The smallest absolute Gasteiger partial charge is 0.159 e. The molecule has 90 valence electrons. The maximum atomic E-state index is 10.7. The standard InChI is InChI=1S/C8H7BrO.C4H10O2/c1-6(10)7-2-4-8(9)5-3-7;1-4(5-2)6-3/h2-5H,1H3;4H,1-3H3. The summed E-state index contributed by atoms with van der Waals surface area (Å²) >= 11 is 3.28. The molecule has 3 nitrogen and oxygen atoms in total. The van der Waals surface area contributed by atoms with Gasteiger partial charge in [-0.05, 0) is 26.0 Å². The van der Waals surface area contributed by atoms with Crippen molar-refractivity contribution in [2.24, 2.45) is 0 Å². The predicted molar refractivity (Wildman–Crippen MR) is 67.6 cm³/mol. The van der Waals surface area contributed by atoms with Gasteiger partial charge in [-0.25, -0.2) is 0 Å². The summed E-state index contributed by atoms with van der Waals surface area (Å²) in [6.45, 7) is 3.39. The van der Waals surface area contributed by atoms with Crippen molar-refractivity contribution in [3.05, 3.63) is 34.3 Å². The van der Waals surface area contributed by atoms with Crippen LogP contribution >= 0.6 is 15.9 Å². The van der Waals surface area contributed by atoms with Crippen molar-refractivity contribution in [1.82, 2.24) is 0 Å². The van der Waals surface area contributed by atoms with Crippen molar-refractivity contribution < 1.29 is 14.3 Å². The second kappa shape index (κ2) is 8.44. The molecule has 0 N–H and O–H groups in total. The molecule has 1 aromatic carbocycles. The lowest BCUT2D eigenvalue weighted by Crippen LogP contribution is -2.05. The van der Waals surface area contributed by atoms with Gasteiger partial charge in [0.05, 0.1) is 0 Å². The molecule has 0 amide bonds. The minimum atomic E-state index is -0.0648. The van der Waals surface area contributed by atoms with E-state index in [0.29, 0.717) is 0 Å². The molecule has 0 unspecified atom stereocenters. The molecule has 0 radical (unpaired) electrons. The van der Waals surface area contributed by atoms with Gasteiger partial charge in [0.2, 0.25) is 0 Å². The number of carbonyl (C=O) groups excluding carboxylic acids is 1. The van der Waals surface area contributed by atoms with Gasteiger partial charge < -0.3 is 9.47 Å². The quantitative estimate of drug-likeness (QED) is 0.633. The van der Waals surface area contributed by atoms with E-state index in [1.165, 1.54) is 0 Å². The summed E-state index contributed by atoms with van der Waals surface area (Å²) in [6.07, 6.45) is -0.0648. The molecule has 0 heterocycles. The zero-order chi connectivity index (χ0) is 12.6. The van der Waals surface area contributed by atoms with E-state index in [2.05, 4.69) is 25.4 Å². The van der Waals surface area contributed by atoms with E-state index < -0.39 is 0 Å². The largest absolute Gasteiger partial charge is 0.356 e. The van der Waals surface area contributed by atoms with Gasteiger partial charge in [-0.1, -0.05) is 28.1 Å². The highest BCUT2D eigenvalue weighted by molar-refractivity contribution is 9.10. The molecule has 0 saturated heterocycles. The summed E-state index contributed by atoms with van der Waals surface area (Å²) in [7, 11) is 3.21. The lowest BCUT2D eigenvalue weighted by atomic mass is 10.2. The first kappa shape index (κ1) is 15.3. The van der Waals surface area contributed by atoms with E-state index in [1.807, 2.05) is 19.1 Å². The number of ether oxygens (including phenoxy) is 2. The molecule has 0 fully saturated rings. The summed E-state index contributed by atoms with van der Waals surface area (Å²) in [5.41, 5.74) is 0.753. The Morgan fingerprint density at radius 2 is 1.62 bits per heavy atom. The molecule has 0 atom stereocenters. The van der Waals surface area contributed by atoms with Gasteiger partial charge in [0.15, 0.2) is 12.1 Å². The van der Waals surface area contributed by atoms with Crippen molar-refractivity contribution in [2.45, 2.75) is 20.1 Å². The second-order valence-electron chi connectivity index (χ2n) is 3.10. The van der Waals surface area contributed by atoms with E-state index >= 15 is 0 Å². The molecule has 1 aromatic rings.